The highest BCUT2D eigenvalue weighted by Gasteiger charge is 2.37. The molecule has 0 spiro atoms. The number of rotatable bonds is 49. The smallest absolute Gasteiger partial charge is 0.312 e. The zero-order valence-electron chi connectivity index (χ0n) is 54.7. The molecule has 1 amide bonds. The van der Waals surface area contributed by atoms with Crippen LogP contribution in [0.1, 0.15) is 323 Å². The fraction of sp³-hybridized carbons (Fsp3) is 0.873. The van der Waals surface area contributed by atoms with Gasteiger partial charge in [0, 0.05) is 12.0 Å². The molecule has 0 aliphatic carbocycles. The van der Waals surface area contributed by atoms with Gasteiger partial charge in [-0.3, -0.25) is 14.4 Å². The Morgan fingerprint density at radius 1 is 0.562 bits per heavy atom. The SMILES string of the molecule is CCCCCCCCCCCCCCCCCC(=O)NC(CO)(CO)COC(=O)C(CCCC(C)CCCC(C)CCCC(C)C)CC(=O)Oc1c(C)c(C)c2c(c1C)CCC(C)(CCCC(C)CCCC(C)CCCC(C)C)O2. The van der Waals surface area contributed by atoms with Gasteiger partial charge in [-0.05, 0) is 118 Å². The van der Waals surface area contributed by atoms with E-state index in [2.05, 4.69) is 81.5 Å². The molecule has 0 aromatic heterocycles. The molecule has 1 aliphatic rings. The number of carbonyl (C=O) groups is 3. The number of benzene rings is 1. The van der Waals surface area contributed by atoms with E-state index in [0.29, 0.717) is 30.4 Å². The van der Waals surface area contributed by atoms with Gasteiger partial charge in [-0.15, -0.1) is 0 Å². The van der Waals surface area contributed by atoms with Crippen molar-refractivity contribution >= 4 is 17.8 Å². The van der Waals surface area contributed by atoms with Crippen LogP contribution in [-0.2, 0) is 25.5 Å². The quantitative estimate of drug-likeness (QED) is 0.0334. The van der Waals surface area contributed by atoms with E-state index >= 15 is 0 Å². The Hall–Kier alpha value is -2.65. The standard InChI is InChI=1S/C71H129NO8/c1-14-15-16-17-18-19-20-21-22-23-24-25-26-27-28-46-65(75)72-71(51-73,52-74)53-78-69(77)63(45-33-43-58(8)41-31-39-56(6)37-29-35-54(2)3)50-66(76)79-67-60(10)61(11)68-64(62(67)12)47-49-70(13,80-68)48-34-44-59(9)42-32-40-57(7)38-30-36-55(4)5/h54-59,63,73-74H,14-53H2,1-13H3,(H,72,75). The van der Waals surface area contributed by atoms with Crippen molar-refractivity contribution in [2.75, 3.05) is 19.8 Å². The first kappa shape index (κ1) is 73.5. The van der Waals surface area contributed by atoms with Gasteiger partial charge < -0.3 is 29.7 Å². The lowest BCUT2D eigenvalue weighted by atomic mass is 9.83. The number of carbonyl (C=O) groups excluding carboxylic acids is 3. The number of ether oxygens (including phenoxy) is 3. The third kappa shape index (κ3) is 31.3. The first-order chi connectivity index (χ1) is 38.2. The Morgan fingerprint density at radius 2 is 0.988 bits per heavy atom. The normalized spacial score (nSPS) is 16.5. The van der Waals surface area contributed by atoms with E-state index in [1.165, 1.54) is 148 Å². The lowest BCUT2D eigenvalue weighted by Crippen LogP contribution is -2.58. The third-order valence-corrected chi connectivity index (χ3v) is 18.4. The average Bonchev–Trinajstić information content (AvgIpc) is 3.58. The summed E-state index contributed by atoms with van der Waals surface area (Å²) in [4.78, 5) is 41.4. The highest BCUT2D eigenvalue weighted by atomic mass is 16.5. The minimum Gasteiger partial charge on any atom is -0.487 e. The molecule has 1 heterocycles. The number of aliphatic hydroxyl groups is 2. The van der Waals surface area contributed by atoms with E-state index in [4.69, 9.17) is 14.2 Å². The molecule has 0 bridgehead atoms. The van der Waals surface area contributed by atoms with Crippen LogP contribution in [0.2, 0.25) is 0 Å². The molecule has 1 aliphatic heterocycles. The van der Waals surface area contributed by atoms with Crippen LogP contribution in [0.5, 0.6) is 11.5 Å². The second kappa shape index (κ2) is 42.2. The molecular weight excluding hydrogens is 995 g/mol. The van der Waals surface area contributed by atoms with Crippen LogP contribution in [0.25, 0.3) is 0 Å². The molecule has 9 heteroatoms. The number of amides is 1. The van der Waals surface area contributed by atoms with E-state index in [9.17, 15) is 24.6 Å². The van der Waals surface area contributed by atoms with Crippen molar-refractivity contribution in [3.05, 3.63) is 22.3 Å². The van der Waals surface area contributed by atoms with Crippen molar-refractivity contribution in [3.63, 3.8) is 0 Å². The van der Waals surface area contributed by atoms with Crippen molar-refractivity contribution in [1.29, 1.82) is 0 Å². The number of unbranched alkanes of at least 4 members (excludes halogenated alkanes) is 14. The van der Waals surface area contributed by atoms with Crippen LogP contribution in [0.4, 0.5) is 0 Å². The van der Waals surface area contributed by atoms with Crippen molar-refractivity contribution < 1.29 is 38.8 Å². The molecule has 80 heavy (non-hydrogen) atoms. The largest absolute Gasteiger partial charge is 0.487 e. The van der Waals surface area contributed by atoms with Gasteiger partial charge in [0.25, 0.3) is 0 Å². The average molecular weight is 1120 g/mol. The molecule has 1 aromatic carbocycles. The molecular formula is C71H129NO8. The molecule has 6 atom stereocenters. The lowest BCUT2D eigenvalue weighted by Gasteiger charge is -2.38. The van der Waals surface area contributed by atoms with Crippen molar-refractivity contribution in [1.82, 2.24) is 5.32 Å². The molecule has 6 unspecified atom stereocenters. The minimum atomic E-state index is -1.54. The second-order valence-electron chi connectivity index (χ2n) is 27.6. The van der Waals surface area contributed by atoms with E-state index in [1.54, 1.807) is 0 Å². The summed E-state index contributed by atoms with van der Waals surface area (Å²) < 4.78 is 19.1. The summed E-state index contributed by atoms with van der Waals surface area (Å²) in [6.07, 6.45) is 41.2. The molecule has 0 saturated heterocycles. The first-order valence-corrected chi connectivity index (χ1v) is 33.9. The Labute approximate surface area is 493 Å². The number of hydrogen-bond donors (Lipinski definition) is 3. The fourth-order valence-corrected chi connectivity index (χ4v) is 12.4. The van der Waals surface area contributed by atoms with E-state index in [1.807, 2.05) is 13.8 Å². The van der Waals surface area contributed by atoms with Crippen molar-refractivity contribution in [3.8, 4) is 11.5 Å². The molecule has 3 N–H and O–H groups in total. The van der Waals surface area contributed by atoms with Gasteiger partial charge in [-0.25, -0.2) is 0 Å². The number of nitrogens with one attached hydrogen (secondary N) is 1. The predicted molar refractivity (Wildman–Crippen MR) is 337 cm³/mol. The van der Waals surface area contributed by atoms with E-state index < -0.39 is 43.2 Å². The highest BCUT2D eigenvalue weighted by molar-refractivity contribution is 5.82. The maximum absolute atomic E-state index is 14.1. The number of hydrogen-bond acceptors (Lipinski definition) is 8. The lowest BCUT2D eigenvalue weighted by molar-refractivity contribution is -0.156. The summed E-state index contributed by atoms with van der Waals surface area (Å²) in [5.41, 5.74) is 2.05. The summed E-state index contributed by atoms with van der Waals surface area (Å²) >= 11 is 0. The predicted octanol–water partition coefficient (Wildman–Crippen LogP) is 19.1. The Bertz CT molecular complexity index is 1800. The summed E-state index contributed by atoms with van der Waals surface area (Å²) in [5, 5.41) is 23.9. The maximum atomic E-state index is 14.1. The van der Waals surface area contributed by atoms with Gasteiger partial charge in [-0.1, -0.05) is 249 Å². The van der Waals surface area contributed by atoms with Crippen LogP contribution in [-0.4, -0.2) is 59.0 Å². The Balaban J connectivity index is 2.04. The molecule has 466 valence electrons. The minimum absolute atomic E-state index is 0.169. The third-order valence-electron chi connectivity index (χ3n) is 18.4. The zero-order chi connectivity index (χ0) is 59.4. The van der Waals surface area contributed by atoms with E-state index in [0.717, 1.165) is 116 Å². The summed E-state index contributed by atoms with van der Waals surface area (Å²) in [7, 11) is 0. The van der Waals surface area contributed by atoms with Crippen molar-refractivity contribution in [2.24, 2.45) is 41.4 Å². The van der Waals surface area contributed by atoms with Gasteiger partial charge >= 0.3 is 11.9 Å². The van der Waals surface area contributed by atoms with Gasteiger partial charge in [0.15, 0.2) is 0 Å². The van der Waals surface area contributed by atoms with Crippen LogP contribution in [0.3, 0.4) is 0 Å². The number of fused-ring (bicyclic) bond motifs is 1. The van der Waals surface area contributed by atoms with Crippen LogP contribution < -0.4 is 14.8 Å². The fourth-order valence-electron chi connectivity index (χ4n) is 12.4. The molecule has 0 fully saturated rings. The molecule has 1 aromatic rings. The maximum Gasteiger partial charge on any atom is 0.312 e. The zero-order valence-corrected chi connectivity index (χ0v) is 54.7. The molecule has 0 radical (unpaired) electrons. The van der Waals surface area contributed by atoms with Crippen LogP contribution in [0.15, 0.2) is 0 Å². The van der Waals surface area contributed by atoms with Crippen LogP contribution >= 0.6 is 0 Å². The summed E-state index contributed by atoms with van der Waals surface area (Å²) in [6.45, 7) is 27.7. The first-order valence-electron chi connectivity index (χ1n) is 33.9. The van der Waals surface area contributed by atoms with Gasteiger partial charge in [0.05, 0.1) is 25.6 Å². The van der Waals surface area contributed by atoms with Gasteiger partial charge in [-0.2, -0.15) is 0 Å². The van der Waals surface area contributed by atoms with Gasteiger partial charge in [0.1, 0.15) is 29.2 Å². The topological polar surface area (TPSA) is 131 Å². The number of aliphatic hydroxyl groups excluding tert-OH is 2. The van der Waals surface area contributed by atoms with Crippen LogP contribution in [0, 0.1) is 62.2 Å². The van der Waals surface area contributed by atoms with E-state index in [-0.39, 0.29) is 24.3 Å². The Kier molecular flexibility index (Phi) is 38.7. The highest BCUT2D eigenvalue weighted by Crippen LogP contribution is 2.45. The molecule has 0 saturated carbocycles. The molecule has 9 nitrogen and oxygen atoms in total. The second-order valence-corrected chi connectivity index (χ2v) is 27.6. The Morgan fingerprint density at radius 3 is 1.44 bits per heavy atom. The summed E-state index contributed by atoms with van der Waals surface area (Å²) in [5.74, 6) is 3.54. The molecule has 2 rings (SSSR count). The van der Waals surface area contributed by atoms with Gasteiger partial charge in [0.2, 0.25) is 5.91 Å². The summed E-state index contributed by atoms with van der Waals surface area (Å²) in [6, 6.07) is 0. The monoisotopic (exact) mass is 1120 g/mol. The van der Waals surface area contributed by atoms with Crippen molar-refractivity contribution in [2.45, 2.75) is 339 Å². The number of esters is 2.